The summed E-state index contributed by atoms with van der Waals surface area (Å²) in [6.07, 6.45) is 8.71. The molecule has 2 N–H and O–H groups in total. The van der Waals surface area contributed by atoms with Gasteiger partial charge in [-0.2, -0.15) is 0 Å². The highest BCUT2D eigenvalue weighted by Crippen LogP contribution is 2.38. The van der Waals surface area contributed by atoms with E-state index in [4.69, 9.17) is 0 Å². The lowest BCUT2D eigenvalue weighted by Crippen LogP contribution is -2.49. The lowest BCUT2D eigenvalue weighted by Gasteiger charge is -2.36. The third-order valence-electron chi connectivity index (χ3n) is 4.96. The molecule has 0 saturated heterocycles. The molecule has 1 atom stereocenters. The predicted molar refractivity (Wildman–Crippen MR) is 78.3 cm³/mol. The summed E-state index contributed by atoms with van der Waals surface area (Å²) >= 11 is 0. The van der Waals surface area contributed by atoms with Gasteiger partial charge in [-0.15, -0.1) is 0 Å². The average molecular weight is 259 g/mol. The molecule has 3 rings (SSSR count). The Balaban J connectivity index is 1.86. The molecule has 1 unspecified atom stereocenters. The van der Waals surface area contributed by atoms with E-state index in [-0.39, 0.29) is 12.1 Å². The summed E-state index contributed by atoms with van der Waals surface area (Å²) in [5.74, 6) is 0. The van der Waals surface area contributed by atoms with Crippen LogP contribution in [0, 0.1) is 6.92 Å². The molecule has 2 nitrogen and oxygen atoms in total. The normalized spacial score (nSPS) is 27.5. The van der Waals surface area contributed by atoms with Crippen molar-refractivity contribution in [2.45, 2.75) is 63.5 Å². The highest BCUT2D eigenvalue weighted by molar-refractivity contribution is 5.41. The van der Waals surface area contributed by atoms with Crippen LogP contribution in [0.25, 0.3) is 0 Å². The molecule has 19 heavy (non-hydrogen) atoms. The van der Waals surface area contributed by atoms with Crippen molar-refractivity contribution in [3.63, 3.8) is 0 Å². The number of rotatable bonds is 3. The van der Waals surface area contributed by atoms with Crippen LogP contribution < -0.4 is 5.32 Å². The van der Waals surface area contributed by atoms with Crippen molar-refractivity contribution in [3.8, 4) is 0 Å². The quantitative estimate of drug-likeness (QED) is 0.874. The highest BCUT2D eigenvalue weighted by atomic mass is 16.3. The third kappa shape index (κ3) is 2.44. The summed E-state index contributed by atoms with van der Waals surface area (Å²) in [6.45, 7) is 2.36. The second-order valence-electron chi connectivity index (χ2n) is 6.38. The summed E-state index contributed by atoms with van der Waals surface area (Å²) in [5.41, 5.74) is 3.89. The molecule has 0 bridgehead atoms. The fourth-order valence-electron chi connectivity index (χ4n) is 3.83. The Labute approximate surface area is 116 Å². The van der Waals surface area contributed by atoms with Crippen molar-refractivity contribution in [2.24, 2.45) is 0 Å². The van der Waals surface area contributed by atoms with Gasteiger partial charge in [0.25, 0.3) is 0 Å². The molecule has 104 valence electrons. The Kier molecular flexibility index (Phi) is 3.64. The van der Waals surface area contributed by atoms with Gasteiger partial charge in [-0.1, -0.05) is 43.0 Å². The molecular formula is C17H25NO. The number of hydrogen-bond acceptors (Lipinski definition) is 2. The Hall–Kier alpha value is -0.860. The van der Waals surface area contributed by atoms with E-state index in [1.54, 1.807) is 0 Å². The lowest BCUT2D eigenvalue weighted by molar-refractivity contribution is 0.136. The van der Waals surface area contributed by atoms with Crippen molar-refractivity contribution >= 4 is 0 Å². The molecule has 1 fully saturated rings. The van der Waals surface area contributed by atoms with Gasteiger partial charge in [0.05, 0.1) is 12.1 Å². The summed E-state index contributed by atoms with van der Waals surface area (Å²) in [4.78, 5) is 0. The van der Waals surface area contributed by atoms with Crippen molar-refractivity contribution in [3.05, 3.63) is 34.9 Å². The zero-order valence-corrected chi connectivity index (χ0v) is 11.9. The van der Waals surface area contributed by atoms with Gasteiger partial charge in [-0.05, 0) is 43.7 Å². The molecule has 2 heteroatoms. The van der Waals surface area contributed by atoms with E-state index in [0.717, 1.165) is 12.8 Å². The standard InChI is InChI=1S/C17H25NO/c1-13-7-8-14-9-10-17(12-19,16(14)11-13)18-15-5-3-2-4-6-15/h7-8,11,15,18-19H,2-6,9-10,12H2,1H3. The van der Waals surface area contributed by atoms with E-state index in [1.165, 1.54) is 48.8 Å². The van der Waals surface area contributed by atoms with Crippen LogP contribution in [0.5, 0.6) is 0 Å². The first kappa shape index (κ1) is 13.1. The molecule has 0 amide bonds. The van der Waals surface area contributed by atoms with Crippen molar-refractivity contribution < 1.29 is 5.11 Å². The van der Waals surface area contributed by atoms with Gasteiger partial charge in [0.2, 0.25) is 0 Å². The van der Waals surface area contributed by atoms with E-state index >= 15 is 0 Å². The van der Waals surface area contributed by atoms with E-state index in [9.17, 15) is 5.11 Å². The monoisotopic (exact) mass is 259 g/mol. The largest absolute Gasteiger partial charge is 0.394 e. The molecular weight excluding hydrogens is 234 g/mol. The second-order valence-corrected chi connectivity index (χ2v) is 6.38. The minimum Gasteiger partial charge on any atom is -0.394 e. The fraction of sp³-hybridized carbons (Fsp3) is 0.647. The Morgan fingerprint density at radius 3 is 2.79 bits per heavy atom. The van der Waals surface area contributed by atoms with Gasteiger partial charge in [-0.25, -0.2) is 0 Å². The Bertz CT molecular complexity index is 451. The number of aliphatic hydroxyl groups excluding tert-OH is 1. The van der Waals surface area contributed by atoms with Gasteiger partial charge in [0.1, 0.15) is 0 Å². The number of hydrogen-bond donors (Lipinski definition) is 2. The molecule has 0 heterocycles. The van der Waals surface area contributed by atoms with Crippen LogP contribution in [0.1, 0.15) is 55.2 Å². The van der Waals surface area contributed by atoms with E-state index in [2.05, 4.69) is 30.4 Å². The molecule has 0 aromatic heterocycles. The molecule has 1 saturated carbocycles. The van der Waals surface area contributed by atoms with E-state index < -0.39 is 0 Å². The van der Waals surface area contributed by atoms with Crippen molar-refractivity contribution in [2.75, 3.05) is 6.61 Å². The molecule has 1 aromatic carbocycles. The Morgan fingerprint density at radius 1 is 1.26 bits per heavy atom. The summed E-state index contributed by atoms with van der Waals surface area (Å²) in [6, 6.07) is 7.29. The van der Waals surface area contributed by atoms with Crippen molar-refractivity contribution in [1.29, 1.82) is 0 Å². The first-order chi connectivity index (χ1) is 9.23. The van der Waals surface area contributed by atoms with Crippen molar-refractivity contribution in [1.82, 2.24) is 5.32 Å². The molecule has 2 aliphatic rings. The number of aliphatic hydroxyl groups is 1. The highest BCUT2D eigenvalue weighted by Gasteiger charge is 2.39. The molecule has 0 radical (unpaired) electrons. The maximum absolute atomic E-state index is 10.0. The van der Waals surface area contributed by atoms with Crippen LogP contribution in [-0.2, 0) is 12.0 Å². The molecule has 1 aromatic rings. The van der Waals surface area contributed by atoms with Crippen LogP contribution in [0.4, 0.5) is 0 Å². The van der Waals surface area contributed by atoms with E-state index in [1.807, 2.05) is 0 Å². The second kappa shape index (κ2) is 5.26. The lowest BCUT2D eigenvalue weighted by atomic mass is 9.87. The van der Waals surface area contributed by atoms with Crippen LogP contribution in [0.2, 0.25) is 0 Å². The fourth-order valence-corrected chi connectivity index (χ4v) is 3.83. The zero-order valence-electron chi connectivity index (χ0n) is 11.9. The van der Waals surface area contributed by atoms with Crippen LogP contribution in [0.3, 0.4) is 0 Å². The summed E-state index contributed by atoms with van der Waals surface area (Å²) in [5, 5.41) is 13.8. The van der Waals surface area contributed by atoms with Gasteiger partial charge >= 0.3 is 0 Å². The number of nitrogens with one attached hydrogen (secondary N) is 1. The maximum Gasteiger partial charge on any atom is 0.0677 e. The van der Waals surface area contributed by atoms with Crippen LogP contribution >= 0.6 is 0 Å². The van der Waals surface area contributed by atoms with Crippen LogP contribution in [0.15, 0.2) is 18.2 Å². The van der Waals surface area contributed by atoms with E-state index in [0.29, 0.717) is 6.04 Å². The van der Waals surface area contributed by atoms with Gasteiger partial charge in [0.15, 0.2) is 0 Å². The average Bonchev–Trinajstić information content (AvgIpc) is 2.79. The minimum absolute atomic E-state index is 0.177. The molecule has 0 aliphatic heterocycles. The van der Waals surface area contributed by atoms with Gasteiger partial charge in [0, 0.05) is 6.04 Å². The topological polar surface area (TPSA) is 32.3 Å². The summed E-state index contributed by atoms with van der Waals surface area (Å²) in [7, 11) is 0. The smallest absolute Gasteiger partial charge is 0.0677 e. The van der Waals surface area contributed by atoms with Gasteiger partial charge in [-0.3, -0.25) is 0 Å². The number of aryl methyl sites for hydroxylation is 2. The summed E-state index contributed by atoms with van der Waals surface area (Å²) < 4.78 is 0. The first-order valence-corrected chi connectivity index (χ1v) is 7.72. The predicted octanol–water partition coefficient (Wildman–Crippen LogP) is 3.05. The number of benzene rings is 1. The zero-order chi connectivity index (χ0) is 13.3. The third-order valence-corrected chi connectivity index (χ3v) is 4.96. The maximum atomic E-state index is 10.0. The van der Waals surface area contributed by atoms with Gasteiger partial charge < -0.3 is 10.4 Å². The first-order valence-electron chi connectivity index (χ1n) is 7.72. The Morgan fingerprint density at radius 2 is 2.05 bits per heavy atom. The number of fused-ring (bicyclic) bond motifs is 1. The molecule has 2 aliphatic carbocycles. The minimum atomic E-state index is -0.177. The SMILES string of the molecule is Cc1ccc2c(c1)C(CO)(NC1CCCCC1)CC2. The van der Waals surface area contributed by atoms with Crippen LogP contribution in [-0.4, -0.2) is 17.8 Å². The molecule has 0 spiro atoms.